The van der Waals surface area contributed by atoms with Gasteiger partial charge in [0.25, 0.3) is 29.5 Å². The number of hydrogen-bond acceptors (Lipinski definition) is 20. The molecule has 25 nitrogen and oxygen atoms in total. The molecular weight excluding hydrogens is 1280 g/mol. The standard InChI is InChI=1S/C22H30N2O7.C22H28N2O7.C16H19NO4.C6H12O2.3H2S/c2*1-2-31-19(25)10-11-23-22(28)20(26)18-9-5-6-12-29-13-14-30-15-16-7-3-4-8-17(16)21(27)24-18;18-11-14-6-3-4-8-20-9-10-21-12-13-5-1-2-7-15(13)16(19)17-14;1-3-5-6(7)8-4-2;;;/h3-8,18,20,26H,2,9-15H2,1H3,(H,23,28)(H,24,27);3-8,18H,2,9-15H2,1H3,(H,23,28)(H,24,27);1-5,7,11,14H,6,8-10,12H2,(H,17,19);3-5H2,1-2H3;3*1H2/b2*6-5+;4-3+;;;;/t18-,20?;18-;14-;;;;/m000..../s1. The van der Waals surface area contributed by atoms with Crippen LogP contribution in [0.15, 0.2) is 109 Å². The number of hydrogen-bond donors (Lipinski definition) is 6. The zero-order chi connectivity index (χ0) is 66.3. The molecule has 94 heavy (non-hydrogen) atoms. The third-order valence-corrected chi connectivity index (χ3v) is 12.9. The fourth-order valence-electron chi connectivity index (χ4n) is 8.26. The summed E-state index contributed by atoms with van der Waals surface area (Å²) in [5.74, 6) is -4.50. The van der Waals surface area contributed by atoms with Crippen molar-refractivity contribution < 1.29 is 95.7 Å². The minimum atomic E-state index is -1.51. The van der Waals surface area contributed by atoms with Crippen molar-refractivity contribution >= 4 is 100 Å². The summed E-state index contributed by atoms with van der Waals surface area (Å²) in [4.78, 5) is 120. The summed E-state index contributed by atoms with van der Waals surface area (Å²) in [7, 11) is 0. The highest BCUT2D eigenvalue weighted by Gasteiger charge is 2.29. The molecule has 0 saturated carbocycles. The number of benzene rings is 3. The summed E-state index contributed by atoms with van der Waals surface area (Å²) >= 11 is 0. The van der Waals surface area contributed by atoms with Crippen LogP contribution >= 0.6 is 40.5 Å². The van der Waals surface area contributed by atoms with E-state index in [1.165, 1.54) is 0 Å². The van der Waals surface area contributed by atoms with Gasteiger partial charge in [-0.05, 0) is 81.3 Å². The van der Waals surface area contributed by atoms with Crippen LogP contribution < -0.4 is 26.6 Å². The Balaban J connectivity index is 0.00000130. The van der Waals surface area contributed by atoms with Gasteiger partial charge in [0.05, 0.1) is 124 Å². The topological polar surface area (TPSA) is 334 Å². The maximum Gasteiger partial charge on any atom is 0.307 e. The van der Waals surface area contributed by atoms with E-state index in [2.05, 4.69) is 31.3 Å². The molecule has 3 heterocycles. The molecule has 5 amide bonds. The van der Waals surface area contributed by atoms with Crippen molar-refractivity contribution in [3.63, 3.8) is 0 Å². The number of carbonyl (C=O) groups is 10. The summed E-state index contributed by atoms with van der Waals surface area (Å²) in [5, 5.41) is 23.5. The number of fused-ring (bicyclic) bond motifs is 3. The average Bonchev–Trinajstić information content (AvgIpc) is 1.58. The van der Waals surface area contributed by atoms with E-state index >= 15 is 0 Å². The molecule has 3 aliphatic heterocycles. The molecule has 4 atom stereocenters. The number of Topliss-reactive ketones (excluding diaryl/α,β-unsaturated/α-hetero) is 1. The Bertz CT molecular complexity index is 2840. The molecule has 6 rings (SSSR count). The van der Waals surface area contributed by atoms with Crippen molar-refractivity contribution in [3.8, 4) is 0 Å². The van der Waals surface area contributed by atoms with Gasteiger partial charge in [-0.2, -0.15) is 40.5 Å². The second kappa shape index (κ2) is 54.0. The molecule has 3 aromatic rings. The molecule has 0 radical (unpaired) electrons. The number of esters is 3. The van der Waals surface area contributed by atoms with E-state index in [9.17, 15) is 53.1 Å². The van der Waals surface area contributed by atoms with E-state index < -0.39 is 65.6 Å². The zero-order valence-electron chi connectivity index (χ0n) is 54.0. The van der Waals surface area contributed by atoms with Crippen LogP contribution in [-0.4, -0.2) is 181 Å². The van der Waals surface area contributed by atoms with Crippen LogP contribution in [0.2, 0.25) is 0 Å². The minimum absolute atomic E-state index is 0. The van der Waals surface area contributed by atoms with Crippen molar-refractivity contribution in [2.24, 2.45) is 0 Å². The van der Waals surface area contributed by atoms with E-state index in [-0.39, 0.29) is 118 Å². The Labute approximate surface area is 571 Å². The molecule has 6 N–H and O–H groups in total. The van der Waals surface area contributed by atoms with Gasteiger partial charge in [0, 0.05) is 36.2 Å². The molecule has 0 aliphatic carbocycles. The van der Waals surface area contributed by atoms with Gasteiger partial charge in [-0.15, -0.1) is 0 Å². The third kappa shape index (κ3) is 36.4. The number of rotatable bonds is 16. The predicted octanol–water partition coefficient (Wildman–Crippen LogP) is 4.79. The van der Waals surface area contributed by atoms with Crippen LogP contribution in [0.3, 0.4) is 0 Å². The molecule has 3 aliphatic rings. The van der Waals surface area contributed by atoms with Crippen LogP contribution in [0.1, 0.15) is 120 Å². The quantitative estimate of drug-likeness (QED) is 0.0369. The first-order valence-corrected chi connectivity index (χ1v) is 30.4. The Morgan fingerprint density at radius 2 is 0.894 bits per heavy atom. The van der Waals surface area contributed by atoms with Gasteiger partial charge < -0.3 is 79.1 Å². The van der Waals surface area contributed by atoms with E-state index in [0.29, 0.717) is 113 Å². The zero-order valence-corrected chi connectivity index (χ0v) is 57.0. The number of ketones is 1. The van der Waals surface area contributed by atoms with E-state index in [1.807, 2.05) is 38.1 Å². The molecule has 1 unspecified atom stereocenters. The molecule has 3 aromatic carbocycles. The van der Waals surface area contributed by atoms with Crippen LogP contribution in [0, 0.1) is 0 Å². The smallest absolute Gasteiger partial charge is 0.307 e. The second-order valence-electron chi connectivity index (χ2n) is 19.8. The maximum absolute atomic E-state index is 12.9. The number of aliphatic hydroxyl groups excluding tert-OH is 1. The molecule has 522 valence electrons. The SMILES string of the molecule is CCCC(=O)OCC.CCOC(=O)CCNC(=O)C(=O)[C@@H]1C/C=C/COCCOCc2ccccc2C(=O)N1.CCOC(=O)CCNC(=O)C(O)[C@@H]1C/C=C/COCCOCc2ccccc2C(=O)N1.O=C[C@@H]1C/C=C/COCCOCc2ccccc2C(=O)N1.S.S.S. The summed E-state index contributed by atoms with van der Waals surface area (Å²) in [5.41, 5.74) is 3.46. The lowest BCUT2D eigenvalue weighted by molar-refractivity contribution is -0.144. The van der Waals surface area contributed by atoms with Crippen molar-refractivity contribution in [2.75, 3.05) is 92.4 Å². The molecule has 28 heteroatoms. The maximum atomic E-state index is 12.9. The number of aldehydes is 1. The van der Waals surface area contributed by atoms with Crippen molar-refractivity contribution in [3.05, 3.63) is 143 Å². The lowest BCUT2D eigenvalue weighted by atomic mass is 10.0. The summed E-state index contributed by atoms with van der Waals surface area (Å²) in [6, 6.07) is 18.6. The lowest BCUT2D eigenvalue weighted by Crippen LogP contribution is -2.50. The Hall–Kier alpha value is -7.25. The number of nitrogens with one attached hydrogen (secondary N) is 5. The summed E-state index contributed by atoms with van der Waals surface area (Å²) < 4.78 is 47.1. The van der Waals surface area contributed by atoms with Gasteiger partial charge in [-0.25, -0.2) is 0 Å². The number of ether oxygens (including phenoxy) is 9. The molecule has 0 saturated heterocycles. The van der Waals surface area contributed by atoms with Crippen molar-refractivity contribution in [1.29, 1.82) is 0 Å². The number of aliphatic hydroxyl groups is 1. The third-order valence-electron chi connectivity index (χ3n) is 12.9. The van der Waals surface area contributed by atoms with Crippen molar-refractivity contribution in [2.45, 2.75) is 117 Å². The van der Waals surface area contributed by atoms with Crippen LogP contribution in [0.4, 0.5) is 0 Å². The summed E-state index contributed by atoms with van der Waals surface area (Å²) in [6.45, 7) is 12.6. The van der Waals surface area contributed by atoms with E-state index in [4.69, 9.17) is 37.9 Å². The first kappa shape index (κ1) is 86.8. The average molecular weight is 1370 g/mol. The lowest BCUT2D eigenvalue weighted by Gasteiger charge is -2.23. The van der Waals surface area contributed by atoms with Gasteiger partial charge in [0.1, 0.15) is 12.3 Å². The molecule has 0 spiro atoms. The van der Waals surface area contributed by atoms with Crippen LogP contribution in [0.5, 0.6) is 0 Å². The Morgan fingerprint density at radius 3 is 1.33 bits per heavy atom. The van der Waals surface area contributed by atoms with Gasteiger partial charge in [-0.1, -0.05) is 98.0 Å². The Morgan fingerprint density at radius 1 is 0.511 bits per heavy atom. The van der Waals surface area contributed by atoms with Crippen molar-refractivity contribution in [1.82, 2.24) is 26.6 Å². The van der Waals surface area contributed by atoms with Gasteiger partial charge >= 0.3 is 17.9 Å². The molecule has 0 bridgehead atoms. The van der Waals surface area contributed by atoms with Crippen LogP contribution in [0.25, 0.3) is 0 Å². The summed E-state index contributed by atoms with van der Waals surface area (Å²) in [6.07, 6.45) is 12.0. The second-order valence-corrected chi connectivity index (χ2v) is 19.8. The monoisotopic (exact) mass is 1370 g/mol. The normalized spacial score (nSPS) is 18.4. The van der Waals surface area contributed by atoms with Crippen LogP contribution in [-0.2, 0) is 96.0 Å². The van der Waals surface area contributed by atoms with Gasteiger partial charge in [0.15, 0.2) is 6.10 Å². The Kier molecular flexibility index (Phi) is 49.9. The highest BCUT2D eigenvalue weighted by atomic mass is 32.1. The fraction of sp³-hybridized carbons (Fsp3) is 0.485. The van der Waals surface area contributed by atoms with Gasteiger partial charge in [0.2, 0.25) is 5.78 Å². The molecule has 0 aromatic heterocycles. The highest BCUT2D eigenvalue weighted by Crippen LogP contribution is 2.15. The van der Waals surface area contributed by atoms with Gasteiger partial charge in [-0.3, -0.25) is 43.2 Å². The number of carbonyl (C=O) groups excluding carboxylic acids is 10. The number of amides is 5. The largest absolute Gasteiger partial charge is 0.466 e. The first-order chi connectivity index (χ1) is 44.2. The van der Waals surface area contributed by atoms with E-state index in [0.717, 1.165) is 18.3 Å². The predicted molar refractivity (Wildman–Crippen MR) is 364 cm³/mol. The molecular formula is C66H95N5O20S3. The van der Waals surface area contributed by atoms with E-state index in [1.54, 1.807) is 98.8 Å². The highest BCUT2D eigenvalue weighted by molar-refractivity contribution is 7.59. The minimum Gasteiger partial charge on any atom is -0.466 e. The molecule has 0 fully saturated rings. The fourth-order valence-corrected chi connectivity index (χ4v) is 8.26. The first-order valence-electron chi connectivity index (χ1n) is 30.4.